The molecule has 0 bridgehead atoms. The summed E-state index contributed by atoms with van der Waals surface area (Å²) in [6, 6.07) is 53.7. The fourth-order valence-electron chi connectivity index (χ4n) is 14.6. The summed E-state index contributed by atoms with van der Waals surface area (Å²) in [5.74, 6) is 0. The van der Waals surface area contributed by atoms with Crippen molar-refractivity contribution in [3.63, 3.8) is 0 Å². The molecule has 0 spiro atoms. The minimum Gasteiger partial charge on any atom is -0.376 e. The minimum absolute atomic E-state index is 0.0196. The Kier molecular flexibility index (Phi) is 8.29. The van der Waals surface area contributed by atoms with Gasteiger partial charge in [0.2, 0.25) is 0 Å². The van der Waals surface area contributed by atoms with Crippen LogP contribution in [0.1, 0.15) is 154 Å². The fraction of sp³-hybridized carbons (Fsp3) is 0.304. The van der Waals surface area contributed by atoms with Gasteiger partial charge in [-0.05, 0) is 159 Å². The van der Waals surface area contributed by atoms with E-state index in [0.29, 0.717) is 0 Å². The van der Waals surface area contributed by atoms with E-state index < -0.39 is 0 Å². The van der Waals surface area contributed by atoms with E-state index in [1.54, 1.807) is 0 Å². The number of nitrogens with zero attached hydrogens (tertiary/aromatic N) is 2. The Morgan fingerprint density at radius 1 is 0.417 bits per heavy atom. The molecule has 0 amide bonds. The number of aromatic nitrogens is 1. The first-order valence-corrected chi connectivity index (χ1v) is 26.7. The molecule has 72 heavy (non-hydrogen) atoms. The van der Waals surface area contributed by atoms with Crippen molar-refractivity contribution >= 4 is 51.0 Å². The first-order chi connectivity index (χ1) is 33.9. The van der Waals surface area contributed by atoms with Crippen LogP contribution in [0.15, 0.2) is 133 Å². The lowest BCUT2D eigenvalue weighted by molar-refractivity contribution is 0.589. The summed E-state index contributed by atoms with van der Waals surface area (Å²) in [7, 11) is 0. The summed E-state index contributed by atoms with van der Waals surface area (Å²) < 4.78 is 2.74. The Morgan fingerprint density at radius 3 is 1.60 bits per heavy atom. The Hall–Kier alpha value is -6.58. The van der Waals surface area contributed by atoms with E-state index in [4.69, 9.17) is 0 Å². The van der Waals surface area contributed by atoms with Crippen LogP contribution >= 0.6 is 0 Å². The summed E-state index contributed by atoms with van der Waals surface area (Å²) in [4.78, 5) is 2.80. The van der Waals surface area contributed by atoms with Crippen molar-refractivity contribution in [2.24, 2.45) is 0 Å². The maximum absolute atomic E-state index is 2.80. The summed E-state index contributed by atoms with van der Waals surface area (Å²) in [6.07, 6.45) is 0. The standard InChI is InChI=1S/C69H67BN2/c1-64(2,3)38-24-28-41(29-25-38)72-56-36-52-45(44-32-39(65(4,5)6)26-30-51(44)68(52,12)13)34-48(56)60-61-58(43-21-17-19-23-50(43)69(61,14)15)59-47-33-40(66(7,8)9)27-31-55(47)71-57-37-53-46(35-54(57)70(72)62(60)63(59)71)42-20-16-18-22-49(42)67(53,10)11/h16-37H,1-15H3. The molecule has 5 aliphatic rings. The molecule has 0 N–H and O–H groups in total. The van der Waals surface area contributed by atoms with Crippen molar-refractivity contribution in [3.8, 4) is 50.2 Å². The van der Waals surface area contributed by atoms with Crippen LogP contribution in [0.25, 0.3) is 72.0 Å². The van der Waals surface area contributed by atoms with Gasteiger partial charge in [-0.25, -0.2) is 0 Å². The summed E-state index contributed by atoms with van der Waals surface area (Å²) in [5, 5.41) is 2.75. The van der Waals surface area contributed by atoms with Crippen LogP contribution in [0, 0.1) is 0 Å². The maximum atomic E-state index is 2.80. The van der Waals surface area contributed by atoms with Gasteiger partial charge >= 0.3 is 6.85 Å². The molecule has 14 rings (SSSR count). The lowest BCUT2D eigenvalue weighted by Gasteiger charge is -2.44. The Morgan fingerprint density at radius 2 is 0.944 bits per heavy atom. The second kappa shape index (κ2) is 13.5. The molecule has 3 aliphatic carbocycles. The summed E-state index contributed by atoms with van der Waals surface area (Å²) in [5.41, 5.74) is 32.3. The third-order valence-electron chi connectivity index (χ3n) is 18.6. The van der Waals surface area contributed by atoms with E-state index in [-0.39, 0.29) is 39.3 Å². The zero-order valence-electron chi connectivity index (χ0n) is 45.2. The van der Waals surface area contributed by atoms with Gasteiger partial charge in [0.25, 0.3) is 0 Å². The van der Waals surface area contributed by atoms with E-state index in [2.05, 4.69) is 247 Å². The van der Waals surface area contributed by atoms with E-state index in [1.165, 1.54) is 144 Å². The second-order valence-electron chi connectivity index (χ2n) is 27.0. The highest BCUT2D eigenvalue weighted by Gasteiger charge is 2.52. The van der Waals surface area contributed by atoms with Gasteiger partial charge < -0.3 is 9.38 Å². The quantitative estimate of drug-likeness (QED) is 0.149. The molecule has 0 fully saturated rings. The van der Waals surface area contributed by atoms with Crippen LogP contribution in [0.2, 0.25) is 0 Å². The first kappa shape index (κ1) is 44.2. The average Bonchev–Trinajstić information content (AvgIpc) is 3.95. The smallest absolute Gasteiger partial charge is 0.333 e. The van der Waals surface area contributed by atoms with E-state index in [0.717, 1.165) is 0 Å². The van der Waals surface area contributed by atoms with Gasteiger partial charge in [-0.3, -0.25) is 0 Å². The topological polar surface area (TPSA) is 8.17 Å². The van der Waals surface area contributed by atoms with E-state index in [9.17, 15) is 0 Å². The van der Waals surface area contributed by atoms with Gasteiger partial charge in [-0.2, -0.15) is 0 Å². The molecule has 9 aromatic rings. The third kappa shape index (κ3) is 5.43. The zero-order chi connectivity index (χ0) is 50.3. The average molecular weight is 935 g/mol. The fourth-order valence-corrected chi connectivity index (χ4v) is 14.6. The Labute approximate surface area is 428 Å². The van der Waals surface area contributed by atoms with Crippen LogP contribution < -0.4 is 15.7 Å². The summed E-state index contributed by atoms with van der Waals surface area (Å²) in [6.45, 7) is 35.9. The van der Waals surface area contributed by atoms with Gasteiger partial charge in [-0.15, -0.1) is 0 Å². The molecule has 0 unspecified atom stereocenters. The van der Waals surface area contributed by atoms with Crippen molar-refractivity contribution in [2.75, 3.05) is 4.81 Å². The molecule has 0 radical (unpaired) electrons. The van der Waals surface area contributed by atoms with Crippen LogP contribution in [0.3, 0.4) is 0 Å². The highest BCUT2D eigenvalue weighted by molar-refractivity contribution is 6.94. The number of fused-ring (bicyclic) bond motifs is 19. The predicted molar refractivity (Wildman–Crippen MR) is 309 cm³/mol. The highest BCUT2D eigenvalue weighted by Crippen LogP contribution is 2.62. The van der Waals surface area contributed by atoms with Crippen LogP contribution in [0.4, 0.5) is 11.4 Å². The Balaban J connectivity index is 1.22. The van der Waals surface area contributed by atoms with Gasteiger partial charge in [0, 0.05) is 49.6 Å². The summed E-state index contributed by atoms with van der Waals surface area (Å²) >= 11 is 0. The SMILES string of the molecule is CC(C)(C)c1ccc(N2B3c4cc5c(cc4-n4c6ccc(C(C)(C)C)cc6c6c7c(c(c3c64)-c3cc4c(cc32)C(C)(C)c2ccc(C(C)(C)C)cc2-4)C(C)(C)c2ccccc2-7)C(C)(C)c2ccccc2-5)cc1. The van der Waals surface area contributed by atoms with Crippen LogP contribution in [-0.4, -0.2) is 11.4 Å². The lowest BCUT2D eigenvalue weighted by atomic mass is 9.43. The predicted octanol–water partition coefficient (Wildman–Crippen LogP) is 16.8. The highest BCUT2D eigenvalue weighted by atomic mass is 15.1. The van der Waals surface area contributed by atoms with E-state index in [1.807, 2.05) is 0 Å². The van der Waals surface area contributed by atoms with Gasteiger partial charge in [0.05, 0.1) is 11.0 Å². The van der Waals surface area contributed by atoms with E-state index >= 15 is 0 Å². The molecule has 0 saturated carbocycles. The molecule has 0 atom stereocenters. The molecule has 356 valence electrons. The van der Waals surface area contributed by atoms with Crippen LogP contribution in [-0.2, 0) is 32.5 Å². The largest absolute Gasteiger partial charge is 0.376 e. The number of hydrogen-bond acceptors (Lipinski definition) is 1. The molecule has 0 saturated heterocycles. The molecule has 1 aromatic heterocycles. The normalized spacial score (nSPS) is 16.8. The number of rotatable bonds is 1. The number of anilines is 2. The third-order valence-corrected chi connectivity index (χ3v) is 18.6. The van der Waals surface area contributed by atoms with Gasteiger partial charge in [0.1, 0.15) is 0 Å². The van der Waals surface area contributed by atoms with Crippen molar-refractivity contribution in [1.29, 1.82) is 0 Å². The molecule has 3 heterocycles. The van der Waals surface area contributed by atoms with Crippen molar-refractivity contribution in [1.82, 2.24) is 4.57 Å². The number of benzene rings is 8. The minimum atomic E-state index is -0.281. The van der Waals surface area contributed by atoms with Crippen molar-refractivity contribution < 1.29 is 0 Å². The van der Waals surface area contributed by atoms with Gasteiger partial charge in [0.15, 0.2) is 0 Å². The first-order valence-electron chi connectivity index (χ1n) is 26.7. The second-order valence-corrected chi connectivity index (χ2v) is 27.0. The molecular formula is C69H67BN2. The molecule has 2 aliphatic heterocycles. The van der Waals surface area contributed by atoms with Crippen LogP contribution in [0.5, 0.6) is 0 Å². The van der Waals surface area contributed by atoms with Crippen molar-refractivity contribution in [3.05, 3.63) is 184 Å². The Bertz CT molecular complexity index is 3940. The van der Waals surface area contributed by atoms with Crippen molar-refractivity contribution in [2.45, 2.75) is 136 Å². The molecule has 2 nitrogen and oxygen atoms in total. The number of hydrogen-bond donors (Lipinski definition) is 0. The molecule has 3 heteroatoms. The molecule has 8 aromatic carbocycles. The zero-order valence-corrected chi connectivity index (χ0v) is 45.2. The molecular weight excluding hydrogens is 868 g/mol. The lowest BCUT2D eigenvalue weighted by Crippen LogP contribution is -2.61. The monoisotopic (exact) mass is 935 g/mol. The maximum Gasteiger partial charge on any atom is 0.333 e. The van der Waals surface area contributed by atoms with Gasteiger partial charge in [-0.1, -0.05) is 195 Å².